The minimum absolute atomic E-state index is 0. The Morgan fingerprint density at radius 3 is 3.20 bits per heavy atom. The van der Waals surface area contributed by atoms with Crippen molar-refractivity contribution in [3.63, 3.8) is 0 Å². The van der Waals surface area contributed by atoms with Gasteiger partial charge < -0.3 is 15.8 Å². The van der Waals surface area contributed by atoms with Gasteiger partial charge in [0.15, 0.2) is 5.96 Å². The number of ether oxygens (including phenoxy) is 1. The van der Waals surface area contributed by atoms with E-state index in [1.165, 1.54) is 17.7 Å². The summed E-state index contributed by atoms with van der Waals surface area (Å²) in [7, 11) is 0. The lowest BCUT2D eigenvalue weighted by molar-refractivity contribution is -0.0989. The largest absolute Gasteiger partial charge is 0.378 e. The van der Waals surface area contributed by atoms with E-state index in [-0.39, 0.29) is 24.0 Å². The second-order valence-electron chi connectivity index (χ2n) is 5.30. The molecule has 2 aliphatic rings. The van der Waals surface area contributed by atoms with Crippen LogP contribution in [0.25, 0.3) is 0 Å². The van der Waals surface area contributed by atoms with Crippen LogP contribution in [0.1, 0.15) is 24.1 Å². The van der Waals surface area contributed by atoms with E-state index in [0.717, 1.165) is 26.0 Å². The normalized spacial score (nSPS) is 29.0. The van der Waals surface area contributed by atoms with Crippen molar-refractivity contribution >= 4 is 41.3 Å². The van der Waals surface area contributed by atoms with Crippen molar-refractivity contribution < 1.29 is 4.74 Å². The standard InChI is InChI=1S/C14H21N3OS.HI/c15-14(16-6-5-10-3-2-8-19-10)17-12-9-13-11(12)4-1-7-18-13;/h2-3,8,11-13H,1,4-7,9H2,(H3,15,16,17);1H. The van der Waals surface area contributed by atoms with Crippen LogP contribution in [0.5, 0.6) is 0 Å². The lowest BCUT2D eigenvalue weighted by Crippen LogP contribution is -2.59. The zero-order chi connectivity index (χ0) is 13.1. The summed E-state index contributed by atoms with van der Waals surface area (Å²) < 4.78 is 5.70. The maximum absolute atomic E-state index is 5.95. The number of hydrogen-bond acceptors (Lipinski definition) is 3. The zero-order valence-electron chi connectivity index (χ0n) is 11.5. The fraction of sp³-hybridized carbons (Fsp3) is 0.643. The first kappa shape index (κ1) is 16.0. The van der Waals surface area contributed by atoms with Gasteiger partial charge in [0.1, 0.15) is 0 Å². The van der Waals surface area contributed by atoms with Crippen LogP contribution < -0.4 is 11.1 Å². The third-order valence-electron chi connectivity index (χ3n) is 4.05. The molecule has 4 nitrogen and oxygen atoms in total. The van der Waals surface area contributed by atoms with Gasteiger partial charge in [-0.2, -0.15) is 0 Å². The monoisotopic (exact) mass is 407 g/mol. The summed E-state index contributed by atoms with van der Waals surface area (Å²) >= 11 is 1.77. The van der Waals surface area contributed by atoms with Gasteiger partial charge in [-0.05, 0) is 30.7 Å². The van der Waals surface area contributed by atoms with Crippen LogP contribution in [0.15, 0.2) is 22.5 Å². The van der Waals surface area contributed by atoms with Gasteiger partial charge >= 0.3 is 0 Å². The van der Waals surface area contributed by atoms with Gasteiger partial charge in [-0.3, -0.25) is 4.99 Å². The first-order chi connectivity index (χ1) is 9.33. The molecule has 112 valence electrons. The second-order valence-corrected chi connectivity index (χ2v) is 6.33. The smallest absolute Gasteiger partial charge is 0.188 e. The number of thiophene rings is 1. The molecule has 3 unspecified atom stereocenters. The Morgan fingerprint density at radius 2 is 2.45 bits per heavy atom. The number of aliphatic imine (C=N–C) groups is 1. The van der Waals surface area contributed by atoms with Crippen molar-refractivity contribution in [1.82, 2.24) is 5.32 Å². The SMILES string of the molecule is I.NC(=NCCc1cccs1)NC1CC2OCCCC12. The highest BCUT2D eigenvalue weighted by molar-refractivity contribution is 14.0. The maximum atomic E-state index is 5.95. The van der Waals surface area contributed by atoms with Crippen LogP contribution in [0, 0.1) is 5.92 Å². The Hall–Kier alpha value is -0.340. The van der Waals surface area contributed by atoms with Crippen molar-refractivity contribution in [2.45, 2.75) is 37.8 Å². The summed E-state index contributed by atoms with van der Waals surface area (Å²) in [4.78, 5) is 5.77. The van der Waals surface area contributed by atoms with Crippen LogP contribution in [-0.4, -0.2) is 31.3 Å². The molecule has 1 aliphatic carbocycles. The molecule has 2 fully saturated rings. The van der Waals surface area contributed by atoms with Crippen molar-refractivity contribution in [3.05, 3.63) is 22.4 Å². The summed E-state index contributed by atoms with van der Waals surface area (Å²) in [5, 5.41) is 5.44. The summed E-state index contributed by atoms with van der Waals surface area (Å²) in [5.74, 6) is 1.23. The number of nitrogens with two attached hydrogens (primary N) is 1. The zero-order valence-corrected chi connectivity index (χ0v) is 14.6. The molecule has 1 saturated carbocycles. The molecular formula is C14H22IN3OS. The molecule has 3 rings (SSSR count). The summed E-state index contributed by atoms with van der Waals surface area (Å²) in [6.07, 6.45) is 4.94. The highest BCUT2D eigenvalue weighted by Gasteiger charge is 2.43. The molecule has 1 aromatic rings. The Kier molecular flexibility index (Phi) is 6.10. The Balaban J connectivity index is 0.00000147. The van der Waals surface area contributed by atoms with Crippen LogP contribution in [0.4, 0.5) is 0 Å². The fourth-order valence-corrected chi connectivity index (χ4v) is 3.64. The molecule has 0 aromatic carbocycles. The van der Waals surface area contributed by atoms with Gasteiger partial charge in [-0.1, -0.05) is 6.07 Å². The number of hydrogen-bond donors (Lipinski definition) is 2. The predicted octanol–water partition coefficient (Wildman–Crippen LogP) is 2.38. The Labute approximate surface area is 141 Å². The average Bonchev–Trinajstić information content (AvgIpc) is 2.89. The van der Waals surface area contributed by atoms with Crippen LogP contribution in [0.3, 0.4) is 0 Å². The number of nitrogens with zero attached hydrogens (tertiary/aromatic N) is 1. The predicted molar refractivity (Wildman–Crippen MR) is 93.9 cm³/mol. The third-order valence-corrected chi connectivity index (χ3v) is 4.98. The van der Waals surface area contributed by atoms with Gasteiger partial charge in [0.2, 0.25) is 0 Å². The average molecular weight is 407 g/mol. The van der Waals surface area contributed by atoms with Gasteiger partial charge in [-0.25, -0.2) is 0 Å². The number of guanidine groups is 1. The summed E-state index contributed by atoms with van der Waals surface area (Å²) in [6.45, 7) is 1.69. The molecule has 0 amide bonds. The molecular weight excluding hydrogens is 385 g/mol. The van der Waals surface area contributed by atoms with Gasteiger partial charge in [-0.15, -0.1) is 35.3 Å². The highest BCUT2D eigenvalue weighted by atomic mass is 127. The van der Waals surface area contributed by atoms with E-state index in [1.807, 2.05) is 0 Å². The van der Waals surface area contributed by atoms with E-state index in [0.29, 0.717) is 24.0 Å². The first-order valence-electron chi connectivity index (χ1n) is 7.03. The van der Waals surface area contributed by atoms with Crippen molar-refractivity contribution in [2.24, 2.45) is 16.6 Å². The minimum Gasteiger partial charge on any atom is -0.378 e. The Morgan fingerprint density at radius 1 is 1.55 bits per heavy atom. The first-order valence-corrected chi connectivity index (χ1v) is 7.91. The summed E-state index contributed by atoms with van der Waals surface area (Å²) in [6, 6.07) is 4.68. The molecule has 1 aromatic heterocycles. The number of halogens is 1. The van der Waals surface area contributed by atoms with E-state index in [2.05, 4.69) is 27.8 Å². The lowest BCUT2D eigenvalue weighted by atomic mass is 9.72. The second kappa shape index (κ2) is 7.61. The van der Waals surface area contributed by atoms with E-state index in [9.17, 15) is 0 Å². The molecule has 1 aliphatic heterocycles. The van der Waals surface area contributed by atoms with Crippen molar-refractivity contribution in [1.29, 1.82) is 0 Å². The van der Waals surface area contributed by atoms with Crippen LogP contribution in [0.2, 0.25) is 0 Å². The summed E-state index contributed by atoms with van der Waals surface area (Å²) in [5.41, 5.74) is 5.95. The number of fused-ring (bicyclic) bond motifs is 1. The molecule has 3 N–H and O–H groups in total. The molecule has 3 atom stereocenters. The lowest BCUT2D eigenvalue weighted by Gasteiger charge is -2.47. The van der Waals surface area contributed by atoms with Gasteiger partial charge in [0, 0.05) is 36.4 Å². The molecule has 20 heavy (non-hydrogen) atoms. The number of rotatable bonds is 4. The quantitative estimate of drug-likeness (QED) is 0.458. The number of nitrogens with one attached hydrogen (secondary N) is 1. The van der Waals surface area contributed by atoms with Gasteiger partial charge in [0.25, 0.3) is 0 Å². The van der Waals surface area contributed by atoms with Gasteiger partial charge in [0.05, 0.1) is 6.10 Å². The van der Waals surface area contributed by atoms with E-state index in [1.54, 1.807) is 11.3 Å². The fourth-order valence-electron chi connectivity index (χ4n) is 2.94. The maximum Gasteiger partial charge on any atom is 0.188 e. The highest BCUT2D eigenvalue weighted by Crippen LogP contribution is 2.37. The molecule has 6 heteroatoms. The van der Waals surface area contributed by atoms with Crippen LogP contribution >= 0.6 is 35.3 Å². The molecule has 0 radical (unpaired) electrons. The van der Waals surface area contributed by atoms with Crippen molar-refractivity contribution in [2.75, 3.05) is 13.2 Å². The Bertz CT molecular complexity index is 438. The molecule has 1 saturated heterocycles. The molecule has 2 heterocycles. The molecule has 0 bridgehead atoms. The molecule has 0 spiro atoms. The van der Waals surface area contributed by atoms with Crippen molar-refractivity contribution in [3.8, 4) is 0 Å². The minimum atomic E-state index is 0. The third kappa shape index (κ3) is 3.85. The van der Waals surface area contributed by atoms with E-state index in [4.69, 9.17) is 10.5 Å². The topological polar surface area (TPSA) is 59.6 Å². The van der Waals surface area contributed by atoms with Crippen LogP contribution in [-0.2, 0) is 11.2 Å². The van der Waals surface area contributed by atoms with E-state index < -0.39 is 0 Å². The van der Waals surface area contributed by atoms with E-state index >= 15 is 0 Å².